The number of aromatic hydroxyl groups is 2. The Morgan fingerprint density at radius 3 is 1.31 bits per heavy atom. The van der Waals surface area contributed by atoms with Crippen LogP contribution in [0.4, 0.5) is 46.5 Å². The molecule has 0 saturated heterocycles. The van der Waals surface area contributed by atoms with Gasteiger partial charge in [0.15, 0.2) is 23.6 Å². The molecule has 2 unspecified atom stereocenters. The van der Waals surface area contributed by atoms with Crippen molar-refractivity contribution in [2.24, 2.45) is 30.7 Å². The van der Waals surface area contributed by atoms with E-state index in [-0.39, 0.29) is 104 Å². The van der Waals surface area contributed by atoms with Crippen molar-refractivity contribution in [3.8, 4) is 11.5 Å². The number of aromatic nitrogens is 6. The average molecular weight is 1030 g/mol. The molecule has 65 heavy (non-hydrogen) atoms. The van der Waals surface area contributed by atoms with Crippen molar-refractivity contribution in [2.75, 3.05) is 47.6 Å². The van der Waals surface area contributed by atoms with Crippen LogP contribution < -0.4 is 32.1 Å². The molecule has 349 valence electrons. The van der Waals surface area contributed by atoms with Gasteiger partial charge in [-0.15, -0.1) is 0 Å². The minimum atomic E-state index is -4.72. The molecule has 0 spiro atoms. The van der Waals surface area contributed by atoms with Gasteiger partial charge >= 0.3 is 4.28 Å². The number of nitrogens with zero attached hydrogens (tertiary/aromatic N) is 12. The molecule has 0 saturated carbocycles. The second-order valence-electron chi connectivity index (χ2n) is 12.4. The number of anilines is 6. The number of halogens is 2. The standard InChI is InChI=1S/2C15H16ClN9O6S.Co/c2*1-6-10(12(28)25-22-6)24-23-9-5-7(32(29,30)31)4-8(11(9)27)18-15-20-13(16)19-14(21-15)17-2-3-26;/h2*4-5,10,26-27H,2-3H2,1H3,(H,25,28)(H,29,30,31)(H2,17,18,19,20,21);/p+3. The first-order valence-electron chi connectivity index (χ1n) is 17.4. The largest absolute Gasteiger partial charge is 1.00 e. The molecule has 0 aliphatic carbocycles. The van der Waals surface area contributed by atoms with E-state index in [1.807, 2.05) is 0 Å². The number of hydrogen-bond acceptors (Lipinski definition) is 26. The van der Waals surface area contributed by atoms with Crippen LogP contribution in [0, 0.1) is 0 Å². The number of hydrogen-bond donors (Lipinski definition) is 12. The summed E-state index contributed by atoms with van der Waals surface area (Å²) >= 11 is 11.7. The zero-order valence-electron chi connectivity index (χ0n) is 35.7. The van der Waals surface area contributed by atoms with Gasteiger partial charge < -0.3 is 41.7 Å². The van der Waals surface area contributed by atoms with Crippen LogP contribution in [0.15, 0.2) is 64.7 Å². The maximum absolute atomic E-state index is 11.7. The molecule has 2 aromatic heterocycles. The fourth-order valence-corrected chi connectivity index (χ4v) is 6.17. The fourth-order valence-electron chi connectivity index (χ4n) is 4.80. The summed E-state index contributed by atoms with van der Waals surface area (Å²) in [5, 5.41) is 71.2. The zero-order chi connectivity index (χ0) is 46.9. The van der Waals surface area contributed by atoms with E-state index < -0.39 is 65.4 Å². The van der Waals surface area contributed by atoms with E-state index in [0.717, 1.165) is 24.3 Å². The second kappa shape index (κ2) is 22.0. The molecule has 2 aliphatic heterocycles. The minimum Gasteiger partial charge on any atom is -0.504 e. The summed E-state index contributed by atoms with van der Waals surface area (Å²) in [6, 6.07) is 1.38. The number of phenols is 2. The number of carbonyl (C=O) groups excluding carboxylic acids is 2. The Balaban J connectivity index is 0.000000642. The van der Waals surface area contributed by atoms with Gasteiger partial charge in [-0.3, -0.25) is 18.7 Å². The van der Waals surface area contributed by atoms with Gasteiger partial charge in [-0.1, -0.05) is 0 Å². The predicted octanol–water partition coefficient (Wildman–Crippen LogP) is 1.50. The number of hydrazone groups is 2. The number of benzene rings is 2. The number of carbonyl (C=O) groups is 2. The van der Waals surface area contributed by atoms with Crippen molar-refractivity contribution in [3.63, 3.8) is 0 Å². The molecular formula is C30H35Cl2CoN18O12S2+3. The summed E-state index contributed by atoms with van der Waals surface area (Å²) in [5.74, 6) is -2.70. The van der Waals surface area contributed by atoms with E-state index in [4.69, 9.17) is 33.4 Å². The maximum Gasteiger partial charge on any atom is 1.00 e. The van der Waals surface area contributed by atoms with Gasteiger partial charge in [-0.2, -0.15) is 77.4 Å². The Morgan fingerprint density at radius 2 is 1.00 bits per heavy atom. The van der Waals surface area contributed by atoms with Crippen LogP contribution in [0.5, 0.6) is 11.5 Å². The second-order valence-corrected chi connectivity index (χ2v) is 15.9. The molecule has 0 fully saturated rings. The third-order valence-electron chi connectivity index (χ3n) is 7.76. The van der Waals surface area contributed by atoms with Gasteiger partial charge in [-0.05, 0) is 61.3 Å². The number of azo groups is 2. The predicted molar refractivity (Wildman–Crippen MR) is 226 cm³/mol. The quantitative estimate of drug-likeness (QED) is 0.0430. The van der Waals surface area contributed by atoms with Gasteiger partial charge in [-0.25, -0.2) is 10.9 Å². The molecule has 0 bridgehead atoms. The van der Waals surface area contributed by atoms with Crippen LogP contribution >= 0.6 is 23.2 Å². The Morgan fingerprint density at radius 1 is 0.646 bits per heavy atom. The molecule has 4 aromatic rings. The molecule has 1 radical (unpaired) electrons. The molecule has 30 nitrogen and oxygen atoms in total. The number of phenolic OH excluding ortho intramolecular Hbond substituents is 2. The summed E-state index contributed by atoms with van der Waals surface area (Å²) in [4.78, 5) is 45.3. The monoisotopic (exact) mass is 1030 g/mol. The number of rotatable bonds is 16. The van der Waals surface area contributed by atoms with Crippen molar-refractivity contribution in [2.45, 2.75) is 35.7 Å². The third kappa shape index (κ3) is 13.8. The Labute approximate surface area is 389 Å². The van der Waals surface area contributed by atoms with Crippen molar-refractivity contribution in [1.29, 1.82) is 0 Å². The molecule has 4 heterocycles. The van der Waals surface area contributed by atoms with Crippen molar-refractivity contribution in [1.82, 2.24) is 40.8 Å². The average Bonchev–Trinajstić information content (AvgIpc) is 3.72. The van der Waals surface area contributed by atoms with Crippen molar-refractivity contribution < 1.29 is 77.0 Å². The third-order valence-corrected chi connectivity index (χ3v) is 9.76. The van der Waals surface area contributed by atoms with E-state index in [2.05, 4.69) is 92.7 Å². The summed E-state index contributed by atoms with van der Waals surface area (Å²) in [6.45, 7) is 2.87. The Bertz CT molecular complexity index is 2650. The Kier molecular flexibility index (Phi) is 17.3. The van der Waals surface area contributed by atoms with E-state index in [1.165, 1.54) is 13.8 Å². The van der Waals surface area contributed by atoms with Gasteiger partial charge in [0.05, 0.1) is 45.8 Å². The molecular weight excluding hydrogens is 998 g/mol. The first kappa shape index (κ1) is 51.2. The molecule has 2 atom stereocenters. The molecule has 6 rings (SSSR count). The van der Waals surface area contributed by atoms with Crippen LogP contribution in [0.25, 0.3) is 0 Å². The van der Waals surface area contributed by atoms with Gasteiger partial charge in [0.2, 0.25) is 34.4 Å². The van der Waals surface area contributed by atoms with Gasteiger partial charge in [0, 0.05) is 29.9 Å². The number of amides is 2. The minimum absolute atomic E-state index is 0. The summed E-state index contributed by atoms with van der Waals surface area (Å²) in [6.07, 6.45) is 0. The number of nitrogens with one attached hydrogen (secondary N) is 6. The first-order chi connectivity index (χ1) is 30.2. The number of aliphatic hydroxyl groups is 2. The molecule has 2 amide bonds. The molecule has 2 aliphatic rings. The molecule has 35 heteroatoms. The van der Waals surface area contributed by atoms with Crippen LogP contribution in [0.2, 0.25) is 10.6 Å². The maximum atomic E-state index is 11.7. The van der Waals surface area contributed by atoms with Crippen molar-refractivity contribution in [3.05, 3.63) is 34.8 Å². The van der Waals surface area contributed by atoms with Gasteiger partial charge in [0.1, 0.15) is 11.4 Å². The van der Waals surface area contributed by atoms with Crippen molar-refractivity contribution >= 4 is 113 Å². The zero-order valence-corrected chi connectivity index (χ0v) is 36.9. The van der Waals surface area contributed by atoms with E-state index in [1.54, 1.807) is 0 Å². The van der Waals surface area contributed by atoms with Crippen LogP contribution in [-0.2, 0) is 46.6 Å². The van der Waals surface area contributed by atoms with E-state index >= 15 is 0 Å². The first-order valence-corrected chi connectivity index (χ1v) is 21.1. The topological polar surface area (TPSA) is 447 Å². The van der Waals surface area contributed by atoms with E-state index in [0.29, 0.717) is 11.4 Å². The van der Waals surface area contributed by atoms with E-state index in [9.17, 15) is 45.7 Å². The SMILES string of the molecule is CC1=NNC(=O)C1N=Nc1cc(S(=O)(=O)O)cc(Nc2nc(Cl)nc(NCCO)n2)c1O.CC1=NNC(=O)C1N=Nc1cc(S(=O)(=O)O)cc(Nc2nc(Cl)nc(NCCO)n2)c1O.[Co].[H+].[H+].[H+]. The smallest absolute Gasteiger partial charge is 0.504 e. The fraction of sp³-hybridized carbons (Fsp3) is 0.267. The summed E-state index contributed by atoms with van der Waals surface area (Å²) in [7, 11) is -9.44. The number of aliphatic hydroxyl groups excluding tert-OH is 2. The molecule has 2 aromatic carbocycles. The Hall–Kier alpha value is -6.43. The normalized spacial score (nSPS) is 15.9. The van der Waals surface area contributed by atoms with Gasteiger partial charge in [0.25, 0.3) is 32.1 Å². The van der Waals surface area contributed by atoms with Crippen LogP contribution in [-0.4, -0.2) is 138 Å². The summed E-state index contributed by atoms with van der Waals surface area (Å²) in [5.41, 5.74) is 3.72. The molecule has 12 N–H and O–H groups in total. The summed E-state index contributed by atoms with van der Waals surface area (Å²) < 4.78 is 65.7. The van der Waals surface area contributed by atoms with Crippen LogP contribution in [0.3, 0.4) is 0 Å². The van der Waals surface area contributed by atoms with Crippen LogP contribution in [0.1, 0.15) is 18.1 Å².